The van der Waals surface area contributed by atoms with Crippen LogP contribution >= 0.6 is 11.3 Å². The largest absolute Gasteiger partial charge is 0.350 e. The Hall–Kier alpha value is -1.96. The third kappa shape index (κ3) is 4.15. The topological polar surface area (TPSA) is 66.5 Å². The average Bonchev–Trinajstić information content (AvgIpc) is 3.12. The van der Waals surface area contributed by atoms with Gasteiger partial charge in [0.25, 0.3) is 10.0 Å². The molecule has 2 aromatic rings. The molecular formula is C20H24N2O3S2. The van der Waals surface area contributed by atoms with Crippen LogP contribution in [0.25, 0.3) is 10.4 Å². The lowest BCUT2D eigenvalue weighted by molar-refractivity contribution is -0.117. The first-order chi connectivity index (χ1) is 12.8. The first-order valence-electron chi connectivity index (χ1n) is 8.94. The van der Waals surface area contributed by atoms with Crippen molar-refractivity contribution in [3.8, 4) is 10.4 Å². The van der Waals surface area contributed by atoms with E-state index in [4.69, 9.17) is 0 Å². The summed E-state index contributed by atoms with van der Waals surface area (Å²) in [5.74, 6) is -0.221. The van der Waals surface area contributed by atoms with E-state index in [2.05, 4.69) is 11.9 Å². The summed E-state index contributed by atoms with van der Waals surface area (Å²) in [6.07, 6.45) is 2.41. The van der Waals surface area contributed by atoms with Crippen molar-refractivity contribution in [3.63, 3.8) is 0 Å². The lowest BCUT2D eigenvalue weighted by atomic mass is 9.95. The van der Waals surface area contributed by atoms with Gasteiger partial charge in [0.15, 0.2) is 0 Å². The van der Waals surface area contributed by atoms with Gasteiger partial charge in [-0.25, -0.2) is 8.42 Å². The maximum absolute atomic E-state index is 13.3. The maximum atomic E-state index is 13.3. The molecule has 1 aromatic heterocycles. The van der Waals surface area contributed by atoms with E-state index in [0.717, 1.165) is 10.4 Å². The summed E-state index contributed by atoms with van der Waals surface area (Å²) in [4.78, 5) is 12.5. The van der Waals surface area contributed by atoms with Gasteiger partial charge in [0.2, 0.25) is 5.91 Å². The zero-order chi connectivity index (χ0) is 19.6. The number of carbonyl (C=O) groups is 1. The van der Waals surface area contributed by atoms with Crippen molar-refractivity contribution in [1.82, 2.24) is 9.62 Å². The van der Waals surface area contributed by atoms with E-state index in [9.17, 15) is 13.2 Å². The highest BCUT2D eigenvalue weighted by Gasteiger charge is 2.40. The Balaban J connectivity index is 1.82. The van der Waals surface area contributed by atoms with Gasteiger partial charge in [0.1, 0.15) is 4.21 Å². The maximum Gasteiger partial charge on any atom is 0.253 e. The Morgan fingerprint density at radius 3 is 2.37 bits per heavy atom. The van der Waals surface area contributed by atoms with Gasteiger partial charge >= 0.3 is 0 Å². The summed E-state index contributed by atoms with van der Waals surface area (Å²) in [7, 11) is -3.59. The summed E-state index contributed by atoms with van der Waals surface area (Å²) in [5, 5.41) is 2.89. The Kier molecular flexibility index (Phi) is 5.83. The van der Waals surface area contributed by atoms with Crippen LogP contribution in [0.3, 0.4) is 0 Å². The molecule has 0 bridgehead atoms. The number of nitrogens with one attached hydrogen (secondary N) is 1. The number of benzene rings is 1. The van der Waals surface area contributed by atoms with Crippen LogP contribution in [0, 0.1) is 0 Å². The standard InChI is InChI=1S/C20H24N2O3S2/c1-4-19(23)21-17-12-14(2)22(15(3)13-17)27(24,25)20-11-10-18(26-20)16-8-6-5-7-9-16/h4-11,14-15,17H,1,12-13H2,2-3H3,(H,21,23). The fourth-order valence-electron chi connectivity index (χ4n) is 3.73. The first kappa shape index (κ1) is 19.8. The van der Waals surface area contributed by atoms with Crippen LogP contribution in [-0.2, 0) is 14.8 Å². The van der Waals surface area contributed by atoms with E-state index in [0.29, 0.717) is 17.1 Å². The number of amides is 1. The van der Waals surface area contributed by atoms with Crippen molar-refractivity contribution in [2.45, 2.75) is 49.0 Å². The van der Waals surface area contributed by atoms with E-state index >= 15 is 0 Å². The van der Waals surface area contributed by atoms with Crippen molar-refractivity contribution < 1.29 is 13.2 Å². The number of rotatable bonds is 5. The van der Waals surface area contributed by atoms with Gasteiger partial charge in [0, 0.05) is 23.0 Å². The Labute approximate surface area is 164 Å². The number of thiophene rings is 1. The molecule has 2 heterocycles. The molecule has 1 saturated heterocycles. The molecule has 3 rings (SSSR count). The monoisotopic (exact) mass is 404 g/mol. The van der Waals surface area contributed by atoms with Gasteiger partial charge in [-0.2, -0.15) is 4.31 Å². The minimum Gasteiger partial charge on any atom is -0.350 e. The Morgan fingerprint density at radius 1 is 1.15 bits per heavy atom. The molecule has 0 radical (unpaired) electrons. The second-order valence-corrected chi connectivity index (χ2v) is 10.1. The minimum atomic E-state index is -3.59. The number of piperidine rings is 1. The molecule has 0 aliphatic carbocycles. The summed E-state index contributed by atoms with van der Waals surface area (Å²) in [5.41, 5.74) is 1.01. The van der Waals surface area contributed by atoms with Gasteiger partial charge in [-0.05, 0) is 50.5 Å². The summed E-state index contributed by atoms with van der Waals surface area (Å²) in [6.45, 7) is 7.26. The van der Waals surface area contributed by atoms with Crippen molar-refractivity contribution in [2.24, 2.45) is 0 Å². The highest BCUT2D eigenvalue weighted by atomic mass is 32.2. The van der Waals surface area contributed by atoms with Gasteiger partial charge < -0.3 is 5.32 Å². The molecule has 1 aliphatic rings. The SMILES string of the molecule is C=CC(=O)NC1CC(C)N(S(=O)(=O)c2ccc(-c3ccccc3)s2)C(C)C1. The van der Waals surface area contributed by atoms with Crippen LogP contribution in [0.4, 0.5) is 0 Å². The number of sulfonamides is 1. The smallest absolute Gasteiger partial charge is 0.253 e. The molecule has 5 nitrogen and oxygen atoms in total. The number of nitrogens with zero attached hydrogens (tertiary/aromatic N) is 1. The lowest BCUT2D eigenvalue weighted by Crippen LogP contribution is -2.54. The van der Waals surface area contributed by atoms with Gasteiger partial charge in [0.05, 0.1) is 0 Å². The normalized spacial score (nSPS) is 23.7. The van der Waals surface area contributed by atoms with Crippen LogP contribution < -0.4 is 5.32 Å². The van der Waals surface area contributed by atoms with E-state index in [1.807, 2.05) is 50.2 Å². The van der Waals surface area contributed by atoms with E-state index < -0.39 is 10.0 Å². The highest BCUT2D eigenvalue weighted by molar-refractivity contribution is 7.91. The second kappa shape index (κ2) is 7.96. The molecule has 7 heteroatoms. The van der Waals surface area contributed by atoms with Crippen LogP contribution in [0.15, 0.2) is 59.3 Å². The molecule has 0 spiro atoms. The summed E-state index contributed by atoms with van der Waals surface area (Å²) in [6, 6.07) is 12.9. The molecule has 1 N–H and O–H groups in total. The molecular weight excluding hydrogens is 380 g/mol. The second-order valence-electron chi connectivity index (χ2n) is 6.90. The molecule has 1 aliphatic heterocycles. The number of carbonyl (C=O) groups excluding carboxylic acids is 1. The quantitative estimate of drug-likeness (QED) is 0.774. The Morgan fingerprint density at radius 2 is 1.78 bits per heavy atom. The number of hydrogen-bond donors (Lipinski definition) is 1. The van der Waals surface area contributed by atoms with Gasteiger partial charge in [-0.3, -0.25) is 4.79 Å². The van der Waals surface area contributed by atoms with Crippen molar-refractivity contribution in [3.05, 3.63) is 55.1 Å². The van der Waals surface area contributed by atoms with Crippen LogP contribution in [0.1, 0.15) is 26.7 Å². The third-order valence-electron chi connectivity index (χ3n) is 4.82. The first-order valence-corrected chi connectivity index (χ1v) is 11.2. The predicted octanol–water partition coefficient (Wildman–Crippen LogP) is 3.65. The molecule has 1 fully saturated rings. The average molecular weight is 405 g/mol. The zero-order valence-electron chi connectivity index (χ0n) is 15.5. The van der Waals surface area contributed by atoms with E-state index in [1.165, 1.54) is 17.4 Å². The van der Waals surface area contributed by atoms with Crippen LogP contribution in [-0.4, -0.2) is 36.8 Å². The van der Waals surface area contributed by atoms with Gasteiger partial charge in [-0.15, -0.1) is 11.3 Å². The van der Waals surface area contributed by atoms with E-state index in [-0.39, 0.29) is 24.0 Å². The van der Waals surface area contributed by atoms with Crippen molar-refractivity contribution in [1.29, 1.82) is 0 Å². The summed E-state index contributed by atoms with van der Waals surface area (Å²) < 4.78 is 28.5. The fourth-order valence-corrected chi connectivity index (χ4v) is 6.99. The fraction of sp³-hybridized carbons (Fsp3) is 0.350. The molecule has 27 heavy (non-hydrogen) atoms. The van der Waals surface area contributed by atoms with E-state index in [1.54, 1.807) is 10.4 Å². The predicted molar refractivity (Wildman–Crippen MR) is 109 cm³/mol. The lowest BCUT2D eigenvalue weighted by Gasteiger charge is -2.41. The molecule has 0 saturated carbocycles. The minimum absolute atomic E-state index is 0.0461. The Bertz CT molecular complexity index is 910. The molecule has 144 valence electrons. The molecule has 2 unspecified atom stereocenters. The molecule has 1 amide bonds. The summed E-state index contributed by atoms with van der Waals surface area (Å²) >= 11 is 1.29. The van der Waals surface area contributed by atoms with Crippen molar-refractivity contribution >= 4 is 27.3 Å². The molecule has 1 aromatic carbocycles. The zero-order valence-corrected chi connectivity index (χ0v) is 17.1. The van der Waals surface area contributed by atoms with Crippen molar-refractivity contribution in [2.75, 3.05) is 0 Å². The molecule has 2 atom stereocenters. The number of hydrogen-bond acceptors (Lipinski definition) is 4. The van der Waals surface area contributed by atoms with Crippen LogP contribution in [0.2, 0.25) is 0 Å². The van der Waals surface area contributed by atoms with Crippen LogP contribution in [0.5, 0.6) is 0 Å². The third-order valence-corrected chi connectivity index (χ3v) is 8.55. The van der Waals surface area contributed by atoms with Gasteiger partial charge in [-0.1, -0.05) is 36.9 Å². The highest BCUT2D eigenvalue weighted by Crippen LogP contribution is 2.36.